The van der Waals surface area contributed by atoms with E-state index in [2.05, 4.69) is 32.9 Å². The van der Waals surface area contributed by atoms with Gasteiger partial charge in [0, 0.05) is 18.9 Å². The largest absolute Gasteiger partial charge is 0.478 e. The van der Waals surface area contributed by atoms with Gasteiger partial charge in [0.05, 0.1) is 0 Å². The number of ketones is 1. The third-order valence-electron chi connectivity index (χ3n) is 3.54. The summed E-state index contributed by atoms with van der Waals surface area (Å²) in [5, 5.41) is 8.65. The number of carboxylic acid groups (broad SMARTS) is 1. The fourth-order valence-corrected chi connectivity index (χ4v) is 2.39. The number of rotatable bonds is 11. The SMILES string of the molecule is C/C(=C\CC/C(C)=C/C(=O)O)CC/C=C(\C)CC(=O)CC(C)C. The highest BCUT2D eigenvalue weighted by molar-refractivity contribution is 5.81. The quantitative estimate of drug-likeness (QED) is 0.405. The monoisotopic (exact) mass is 320 g/mol. The Morgan fingerprint density at radius 3 is 1.96 bits per heavy atom. The summed E-state index contributed by atoms with van der Waals surface area (Å²) in [4.78, 5) is 22.3. The molecule has 0 unspecified atom stereocenters. The zero-order valence-electron chi connectivity index (χ0n) is 15.3. The molecule has 0 atom stereocenters. The first-order valence-corrected chi connectivity index (χ1v) is 8.43. The van der Waals surface area contributed by atoms with Crippen LogP contribution < -0.4 is 0 Å². The van der Waals surface area contributed by atoms with Gasteiger partial charge in [-0.2, -0.15) is 0 Å². The molecule has 0 saturated heterocycles. The van der Waals surface area contributed by atoms with Crippen LogP contribution in [0.4, 0.5) is 0 Å². The molecule has 130 valence electrons. The maximum absolute atomic E-state index is 11.7. The lowest BCUT2D eigenvalue weighted by Crippen LogP contribution is -2.02. The van der Waals surface area contributed by atoms with E-state index in [-0.39, 0.29) is 0 Å². The molecule has 0 aliphatic carbocycles. The minimum absolute atomic E-state index is 0.321. The third kappa shape index (κ3) is 13.7. The van der Waals surface area contributed by atoms with E-state index in [1.54, 1.807) is 0 Å². The van der Waals surface area contributed by atoms with Crippen molar-refractivity contribution in [3.8, 4) is 0 Å². The fourth-order valence-electron chi connectivity index (χ4n) is 2.39. The van der Waals surface area contributed by atoms with Crippen LogP contribution in [0.1, 0.15) is 73.1 Å². The zero-order valence-corrected chi connectivity index (χ0v) is 15.3. The zero-order chi connectivity index (χ0) is 17.8. The predicted octanol–water partition coefficient (Wildman–Crippen LogP) is 5.48. The van der Waals surface area contributed by atoms with Gasteiger partial charge in [0.25, 0.3) is 0 Å². The van der Waals surface area contributed by atoms with Crippen molar-refractivity contribution in [3.05, 3.63) is 34.9 Å². The van der Waals surface area contributed by atoms with Crippen molar-refractivity contribution < 1.29 is 14.7 Å². The van der Waals surface area contributed by atoms with Crippen LogP contribution in [0.2, 0.25) is 0 Å². The number of hydrogen-bond donors (Lipinski definition) is 1. The van der Waals surface area contributed by atoms with Crippen LogP contribution in [0, 0.1) is 5.92 Å². The van der Waals surface area contributed by atoms with Crippen molar-refractivity contribution in [2.75, 3.05) is 0 Å². The number of allylic oxidation sites excluding steroid dienone is 5. The summed E-state index contributed by atoms with van der Waals surface area (Å²) in [6.07, 6.45) is 10.4. The normalized spacial score (nSPS) is 13.6. The molecular formula is C20H32O3. The van der Waals surface area contributed by atoms with Gasteiger partial charge in [-0.05, 0) is 52.4 Å². The molecule has 3 heteroatoms. The van der Waals surface area contributed by atoms with E-state index in [1.165, 1.54) is 11.6 Å². The Morgan fingerprint density at radius 2 is 1.43 bits per heavy atom. The van der Waals surface area contributed by atoms with Gasteiger partial charge in [-0.3, -0.25) is 4.79 Å². The minimum Gasteiger partial charge on any atom is -0.478 e. The molecule has 0 aromatic heterocycles. The van der Waals surface area contributed by atoms with Crippen molar-refractivity contribution in [2.24, 2.45) is 5.92 Å². The van der Waals surface area contributed by atoms with Crippen LogP contribution in [0.25, 0.3) is 0 Å². The lowest BCUT2D eigenvalue weighted by molar-refractivity contribution is -0.131. The Kier molecular flexibility index (Phi) is 11.0. The maximum atomic E-state index is 11.7. The van der Waals surface area contributed by atoms with Crippen LogP contribution >= 0.6 is 0 Å². The van der Waals surface area contributed by atoms with Gasteiger partial charge in [0.15, 0.2) is 0 Å². The Bertz CT molecular complexity index is 479. The first kappa shape index (κ1) is 21.4. The van der Waals surface area contributed by atoms with Crippen molar-refractivity contribution in [1.29, 1.82) is 0 Å². The van der Waals surface area contributed by atoms with Gasteiger partial charge in [0.2, 0.25) is 0 Å². The number of carbonyl (C=O) groups is 2. The Balaban J connectivity index is 4.10. The summed E-state index contributed by atoms with van der Waals surface area (Å²) in [7, 11) is 0. The van der Waals surface area contributed by atoms with Crippen molar-refractivity contribution in [2.45, 2.75) is 73.1 Å². The molecule has 0 aromatic carbocycles. The lowest BCUT2D eigenvalue weighted by Gasteiger charge is -2.05. The molecule has 0 aliphatic heterocycles. The molecule has 0 aromatic rings. The van der Waals surface area contributed by atoms with E-state index in [4.69, 9.17) is 5.11 Å². The maximum Gasteiger partial charge on any atom is 0.328 e. The number of hydrogen-bond acceptors (Lipinski definition) is 2. The average Bonchev–Trinajstić information content (AvgIpc) is 2.36. The van der Waals surface area contributed by atoms with E-state index >= 15 is 0 Å². The van der Waals surface area contributed by atoms with Crippen LogP contribution in [0.5, 0.6) is 0 Å². The second-order valence-corrected chi connectivity index (χ2v) is 6.82. The molecule has 0 fully saturated rings. The molecule has 0 spiro atoms. The van der Waals surface area contributed by atoms with E-state index < -0.39 is 5.97 Å². The predicted molar refractivity (Wildman–Crippen MR) is 96.5 cm³/mol. The molecule has 0 amide bonds. The summed E-state index contributed by atoms with van der Waals surface area (Å²) in [5.41, 5.74) is 3.36. The Hall–Kier alpha value is -1.64. The van der Waals surface area contributed by atoms with Crippen molar-refractivity contribution in [3.63, 3.8) is 0 Å². The number of Topliss-reactive ketones (excluding diaryl/α,β-unsaturated/α-hetero) is 1. The second-order valence-electron chi connectivity index (χ2n) is 6.82. The van der Waals surface area contributed by atoms with Gasteiger partial charge in [0.1, 0.15) is 5.78 Å². The third-order valence-corrected chi connectivity index (χ3v) is 3.54. The van der Waals surface area contributed by atoms with Crippen LogP contribution in [-0.4, -0.2) is 16.9 Å². The summed E-state index contributed by atoms with van der Waals surface area (Å²) in [6.45, 7) is 10.1. The topological polar surface area (TPSA) is 54.4 Å². The van der Waals surface area contributed by atoms with Gasteiger partial charge in [-0.1, -0.05) is 42.7 Å². The van der Waals surface area contributed by atoms with Crippen molar-refractivity contribution in [1.82, 2.24) is 0 Å². The molecule has 3 nitrogen and oxygen atoms in total. The van der Waals surface area contributed by atoms with E-state index in [0.29, 0.717) is 24.5 Å². The van der Waals surface area contributed by atoms with Crippen molar-refractivity contribution >= 4 is 11.8 Å². The van der Waals surface area contributed by atoms with Gasteiger partial charge in [-0.15, -0.1) is 0 Å². The molecule has 0 radical (unpaired) electrons. The summed E-state index contributed by atoms with van der Waals surface area (Å²) in [5.74, 6) is -0.128. The van der Waals surface area contributed by atoms with Gasteiger partial charge >= 0.3 is 5.97 Å². The fraction of sp³-hybridized carbons (Fsp3) is 0.600. The first-order chi connectivity index (χ1) is 10.7. The Morgan fingerprint density at radius 1 is 0.913 bits per heavy atom. The summed E-state index contributed by atoms with van der Waals surface area (Å²) >= 11 is 0. The lowest BCUT2D eigenvalue weighted by atomic mass is 10.0. The molecule has 0 bridgehead atoms. The number of carboxylic acids is 1. The highest BCUT2D eigenvalue weighted by atomic mass is 16.4. The van der Waals surface area contributed by atoms with Gasteiger partial charge < -0.3 is 5.11 Å². The molecule has 0 aliphatic rings. The second kappa shape index (κ2) is 11.9. The molecule has 0 rings (SSSR count). The number of carbonyl (C=O) groups excluding carboxylic acids is 1. The molecule has 23 heavy (non-hydrogen) atoms. The van der Waals surface area contributed by atoms with E-state index in [0.717, 1.165) is 36.8 Å². The molecule has 1 N–H and O–H groups in total. The first-order valence-electron chi connectivity index (χ1n) is 8.43. The number of aliphatic carboxylic acids is 1. The summed E-state index contributed by atoms with van der Waals surface area (Å²) < 4.78 is 0. The van der Waals surface area contributed by atoms with Crippen LogP contribution in [0.3, 0.4) is 0 Å². The van der Waals surface area contributed by atoms with E-state index in [1.807, 2.05) is 13.8 Å². The smallest absolute Gasteiger partial charge is 0.328 e. The molecular weight excluding hydrogens is 288 g/mol. The Labute approximate surface area is 141 Å². The average molecular weight is 320 g/mol. The van der Waals surface area contributed by atoms with Crippen LogP contribution in [-0.2, 0) is 9.59 Å². The highest BCUT2D eigenvalue weighted by Crippen LogP contribution is 2.13. The standard InChI is InChI=1S/C20H32O3/c1-15(2)12-19(21)13-17(4)10-6-8-16(3)9-7-11-18(5)14-20(22)23/h9-10,14-15H,6-8,11-13H2,1-5H3,(H,22,23)/b16-9+,17-10+,18-14+. The molecule has 0 heterocycles. The van der Waals surface area contributed by atoms with Crippen LogP contribution in [0.15, 0.2) is 34.9 Å². The van der Waals surface area contributed by atoms with Gasteiger partial charge in [-0.25, -0.2) is 4.79 Å². The summed E-state index contributed by atoms with van der Waals surface area (Å²) in [6, 6.07) is 0. The highest BCUT2D eigenvalue weighted by Gasteiger charge is 2.05. The molecule has 0 saturated carbocycles. The van der Waals surface area contributed by atoms with E-state index in [9.17, 15) is 9.59 Å². The minimum atomic E-state index is -0.879.